The molecule has 0 fully saturated rings. The highest BCUT2D eigenvalue weighted by molar-refractivity contribution is 6.25. The Kier molecular flexibility index (Phi) is 6.19. The van der Waals surface area contributed by atoms with Crippen molar-refractivity contribution in [2.45, 2.75) is 32.9 Å². The number of hydrogen-bond acceptors (Lipinski definition) is 3. The summed E-state index contributed by atoms with van der Waals surface area (Å²) in [7, 11) is 1.64. The van der Waals surface area contributed by atoms with E-state index in [0.717, 1.165) is 23.6 Å². The molecule has 0 unspecified atom stereocenters. The van der Waals surface area contributed by atoms with E-state index in [1.807, 2.05) is 18.2 Å². The Morgan fingerprint density at radius 3 is 2.63 bits per heavy atom. The highest BCUT2D eigenvalue weighted by Crippen LogP contribution is 2.31. The van der Waals surface area contributed by atoms with Crippen LogP contribution in [0.2, 0.25) is 0 Å². The van der Waals surface area contributed by atoms with Crippen molar-refractivity contribution in [2.24, 2.45) is 0 Å². The Morgan fingerprint density at radius 1 is 1.32 bits per heavy atom. The predicted octanol–water partition coefficient (Wildman–Crippen LogP) is 3.71. The Hall–Kier alpha value is -1.19. The van der Waals surface area contributed by atoms with E-state index in [1.165, 1.54) is 5.54 Å². The van der Waals surface area contributed by atoms with Crippen LogP contribution in [0.1, 0.15) is 26.3 Å². The lowest BCUT2D eigenvalue weighted by Crippen LogP contribution is -2.35. The van der Waals surface area contributed by atoms with Crippen molar-refractivity contribution in [2.75, 3.05) is 13.7 Å². The zero-order chi connectivity index (χ0) is 14.3. The number of hydrogen-bond donors (Lipinski definition) is 1. The van der Waals surface area contributed by atoms with Crippen LogP contribution in [0.15, 0.2) is 29.8 Å². The molecule has 0 aliphatic heterocycles. The fraction of sp³-hybridized carbons (Fsp3) is 0.467. The van der Waals surface area contributed by atoms with Crippen LogP contribution < -0.4 is 14.8 Å². The van der Waals surface area contributed by atoms with Crippen LogP contribution in [0.3, 0.4) is 0 Å². The number of nitrogens with one attached hydrogen (secondary N) is 1. The highest BCUT2D eigenvalue weighted by Gasteiger charge is 2.13. The summed E-state index contributed by atoms with van der Waals surface area (Å²) in [6, 6.07) is 5.88. The summed E-state index contributed by atoms with van der Waals surface area (Å²) in [5, 5.41) is 3.44. The van der Waals surface area contributed by atoms with Gasteiger partial charge in [0.15, 0.2) is 11.5 Å². The first-order valence-electron chi connectivity index (χ1n) is 6.27. The summed E-state index contributed by atoms with van der Waals surface area (Å²) in [5.41, 5.74) is 2.57. The Bertz CT molecular complexity index is 425. The molecule has 0 aliphatic rings. The number of para-hydroxylation sites is 1. The van der Waals surface area contributed by atoms with E-state index in [1.54, 1.807) is 13.2 Å². The van der Waals surface area contributed by atoms with Crippen LogP contribution in [0, 0.1) is 0 Å². The number of benzene rings is 1. The first-order chi connectivity index (χ1) is 8.98. The SMILES string of the molecule is COc1cccc(CNC(C)(C)C)c1OCC=CCl. The molecular weight excluding hydrogens is 262 g/mol. The maximum absolute atomic E-state index is 5.73. The van der Waals surface area contributed by atoms with Crippen LogP contribution in [0.4, 0.5) is 0 Å². The predicted molar refractivity (Wildman–Crippen MR) is 80.1 cm³/mol. The molecule has 0 aliphatic carbocycles. The second-order valence-electron chi connectivity index (χ2n) is 5.22. The summed E-state index contributed by atoms with van der Waals surface area (Å²) < 4.78 is 11.1. The van der Waals surface area contributed by atoms with Gasteiger partial charge in [-0.05, 0) is 32.9 Å². The fourth-order valence-corrected chi connectivity index (χ4v) is 1.63. The van der Waals surface area contributed by atoms with Gasteiger partial charge in [0.25, 0.3) is 0 Å². The van der Waals surface area contributed by atoms with Crippen molar-refractivity contribution in [1.82, 2.24) is 5.32 Å². The van der Waals surface area contributed by atoms with E-state index >= 15 is 0 Å². The smallest absolute Gasteiger partial charge is 0.166 e. The summed E-state index contributed by atoms with van der Waals surface area (Å²) in [6.07, 6.45) is 1.75. The average molecular weight is 284 g/mol. The van der Waals surface area contributed by atoms with Gasteiger partial charge in [-0.3, -0.25) is 0 Å². The van der Waals surface area contributed by atoms with Gasteiger partial charge in [0.05, 0.1) is 7.11 Å². The molecular formula is C15H22ClNO2. The second-order valence-corrected chi connectivity index (χ2v) is 5.48. The standard InChI is InChI=1S/C15H22ClNO2/c1-15(2,3)17-11-12-7-5-8-13(18-4)14(12)19-10-6-9-16/h5-9,17H,10-11H2,1-4H3. The van der Waals surface area contributed by atoms with Crippen LogP contribution in [-0.4, -0.2) is 19.3 Å². The lowest BCUT2D eigenvalue weighted by molar-refractivity contribution is 0.319. The molecule has 0 saturated carbocycles. The molecule has 0 spiro atoms. The number of ether oxygens (including phenoxy) is 2. The summed E-state index contributed by atoms with van der Waals surface area (Å²) in [6.45, 7) is 7.53. The van der Waals surface area contributed by atoms with Crippen molar-refractivity contribution in [3.05, 3.63) is 35.4 Å². The van der Waals surface area contributed by atoms with Gasteiger partial charge in [-0.15, -0.1) is 0 Å². The minimum atomic E-state index is 0.0520. The van der Waals surface area contributed by atoms with Gasteiger partial charge in [-0.1, -0.05) is 23.7 Å². The highest BCUT2D eigenvalue weighted by atomic mass is 35.5. The van der Waals surface area contributed by atoms with Gasteiger partial charge in [-0.2, -0.15) is 0 Å². The van der Waals surface area contributed by atoms with Crippen LogP contribution >= 0.6 is 11.6 Å². The van der Waals surface area contributed by atoms with E-state index in [-0.39, 0.29) is 5.54 Å². The Balaban J connectivity index is 2.88. The lowest BCUT2D eigenvalue weighted by atomic mass is 10.1. The molecule has 1 aromatic rings. The van der Waals surface area contributed by atoms with Gasteiger partial charge >= 0.3 is 0 Å². The molecule has 0 saturated heterocycles. The molecule has 0 bridgehead atoms. The quantitative estimate of drug-likeness (QED) is 0.863. The van der Waals surface area contributed by atoms with Crippen molar-refractivity contribution >= 4 is 11.6 Å². The maximum Gasteiger partial charge on any atom is 0.166 e. The molecule has 1 N–H and O–H groups in total. The van der Waals surface area contributed by atoms with E-state index in [2.05, 4.69) is 26.1 Å². The Morgan fingerprint density at radius 2 is 2.05 bits per heavy atom. The molecule has 1 rings (SSSR count). The second kappa shape index (κ2) is 7.41. The number of methoxy groups -OCH3 is 1. The molecule has 0 amide bonds. The molecule has 1 aromatic carbocycles. The first kappa shape index (κ1) is 15.9. The summed E-state index contributed by atoms with van der Waals surface area (Å²) in [5.74, 6) is 1.49. The Labute approximate surface area is 120 Å². The van der Waals surface area contributed by atoms with Crippen LogP contribution in [0.25, 0.3) is 0 Å². The lowest BCUT2D eigenvalue weighted by Gasteiger charge is -2.22. The van der Waals surface area contributed by atoms with E-state index in [0.29, 0.717) is 6.61 Å². The monoisotopic (exact) mass is 283 g/mol. The molecule has 0 aromatic heterocycles. The van der Waals surface area contributed by atoms with Crippen molar-refractivity contribution in [1.29, 1.82) is 0 Å². The fourth-order valence-electron chi connectivity index (χ4n) is 1.55. The molecule has 19 heavy (non-hydrogen) atoms. The molecule has 4 heteroatoms. The largest absolute Gasteiger partial charge is 0.493 e. The normalized spacial score (nSPS) is 11.8. The molecule has 106 valence electrons. The molecule has 3 nitrogen and oxygen atoms in total. The van der Waals surface area contributed by atoms with Crippen LogP contribution in [-0.2, 0) is 6.54 Å². The van der Waals surface area contributed by atoms with Crippen molar-refractivity contribution in [3.8, 4) is 11.5 Å². The zero-order valence-corrected chi connectivity index (χ0v) is 12.8. The molecule has 0 atom stereocenters. The third-order valence-electron chi connectivity index (χ3n) is 2.50. The average Bonchev–Trinajstić information content (AvgIpc) is 2.36. The first-order valence-corrected chi connectivity index (χ1v) is 6.70. The minimum Gasteiger partial charge on any atom is -0.493 e. The van der Waals surface area contributed by atoms with Gasteiger partial charge in [0, 0.05) is 23.2 Å². The van der Waals surface area contributed by atoms with E-state index in [9.17, 15) is 0 Å². The third kappa shape index (κ3) is 5.53. The third-order valence-corrected chi connectivity index (χ3v) is 2.68. The van der Waals surface area contributed by atoms with Crippen molar-refractivity contribution in [3.63, 3.8) is 0 Å². The van der Waals surface area contributed by atoms with Gasteiger partial charge < -0.3 is 14.8 Å². The van der Waals surface area contributed by atoms with Crippen LogP contribution in [0.5, 0.6) is 11.5 Å². The molecule has 0 heterocycles. The number of halogens is 1. The summed E-state index contributed by atoms with van der Waals surface area (Å²) >= 11 is 5.50. The van der Waals surface area contributed by atoms with Gasteiger partial charge in [0.1, 0.15) is 6.61 Å². The minimum absolute atomic E-state index is 0.0520. The topological polar surface area (TPSA) is 30.5 Å². The van der Waals surface area contributed by atoms with Crippen molar-refractivity contribution < 1.29 is 9.47 Å². The summed E-state index contributed by atoms with van der Waals surface area (Å²) in [4.78, 5) is 0. The van der Waals surface area contributed by atoms with Gasteiger partial charge in [-0.25, -0.2) is 0 Å². The maximum atomic E-state index is 5.73. The zero-order valence-electron chi connectivity index (χ0n) is 12.0. The van der Waals surface area contributed by atoms with E-state index < -0.39 is 0 Å². The van der Waals surface area contributed by atoms with Gasteiger partial charge in [0.2, 0.25) is 0 Å². The molecule has 0 radical (unpaired) electrons. The van der Waals surface area contributed by atoms with E-state index in [4.69, 9.17) is 21.1 Å². The number of rotatable bonds is 6.